The smallest absolute Gasteiger partial charge is 0.126 e. The molecule has 1 atom stereocenters. The number of nitrogens with one attached hydrogen (secondary N) is 2. The zero-order chi connectivity index (χ0) is 12.1. The predicted octanol–water partition coefficient (Wildman–Crippen LogP) is 1.10. The molecule has 4 nitrogen and oxygen atoms in total. The van der Waals surface area contributed by atoms with Crippen LogP contribution in [0, 0.1) is 17.1 Å². The molecule has 2 N–H and O–H groups in total. The quantitative estimate of drug-likeness (QED) is 0.823. The molecule has 1 aliphatic heterocycles. The molecular formula is C12H14FN3O. The summed E-state index contributed by atoms with van der Waals surface area (Å²) < 4.78 is 18.6. The SMILES string of the molecule is N#Cc1cc(F)cc(NCC2CNCCO2)c1. The van der Waals surface area contributed by atoms with Gasteiger partial charge in [0.25, 0.3) is 0 Å². The molecule has 0 bridgehead atoms. The van der Waals surface area contributed by atoms with E-state index in [0.717, 1.165) is 13.1 Å². The molecule has 1 unspecified atom stereocenters. The summed E-state index contributed by atoms with van der Waals surface area (Å²) in [5.41, 5.74) is 0.922. The monoisotopic (exact) mass is 235 g/mol. The van der Waals surface area contributed by atoms with Crippen LogP contribution in [-0.4, -0.2) is 32.3 Å². The highest BCUT2D eigenvalue weighted by atomic mass is 19.1. The summed E-state index contributed by atoms with van der Waals surface area (Å²) in [7, 11) is 0. The summed E-state index contributed by atoms with van der Waals surface area (Å²) in [6.45, 7) is 2.95. The molecule has 0 radical (unpaired) electrons. The van der Waals surface area contributed by atoms with Gasteiger partial charge in [-0.3, -0.25) is 0 Å². The van der Waals surface area contributed by atoms with Crippen molar-refractivity contribution in [3.8, 4) is 6.07 Å². The largest absolute Gasteiger partial charge is 0.382 e. The van der Waals surface area contributed by atoms with Gasteiger partial charge in [0.2, 0.25) is 0 Å². The molecule has 1 saturated heterocycles. The van der Waals surface area contributed by atoms with Gasteiger partial charge in [0.05, 0.1) is 24.3 Å². The number of benzene rings is 1. The molecule has 0 amide bonds. The summed E-state index contributed by atoms with van der Waals surface area (Å²) in [4.78, 5) is 0. The lowest BCUT2D eigenvalue weighted by Gasteiger charge is -2.24. The number of nitriles is 1. The van der Waals surface area contributed by atoms with E-state index < -0.39 is 5.82 Å². The maximum atomic E-state index is 13.1. The summed E-state index contributed by atoms with van der Waals surface area (Å²) >= 11 is 0. The van der Waals surface area contributed by atoms with Gasteiger partial charge in [-0.2, -0.15) is 5.26 Å². The van der Waals surface area contributed by atoms with Crippen molar-refractivity contribution >= 4 is 5.69 Å². The lowest BCUT2D eigenvalue weighted by molar-refractivity contribution is 0.0372. The Morgan fingerprint density at radius 3 is 3.12 bits per heavy atom. The van der Waals surface area contributed by atoms with Gasteiger partial charge >= 0.3 is 0 Å². The van der Waals surface area contributed by atoms with Crippen LogP contribution in [0.3, 0.4) is 0 Å². The van der Waals surface area contributed by atoms with Crippen LogP contribution in [0.1, 0.15) is 5.56 Å². The van der Waals surface area contributed by atoms with Crippen LogP contribution in [0.2, 0.25) is 0 Å². The molecule has 1 heterocycles. The van der Waals surface area contributed by atoms with E-state index in [1.165, 1.54) is 12.1 Å². The Bertz CT molecular complexity index is 424. The fourth-order valence-corrected chi connectivity index (χ4v) is 1.74. The molecule has 5 heteroatoms. The average molecular weight is 235 g/mol. The van der Waals surface area contributed by atoms with Crippen LogP contribution in [-0.2, 0) is 4.74 Å². The molecular weight excluding hydrogens is 221 g/mol. The van der Waals surface area contributed by atoms with Crippen molar-refractivity contribution in [3.63, 3.8) is 0 Å². The van der Waals surface area contributed by atoms with Gasteiger partial charge in [0.15, 0.2) is 0 Å². The highest BCUT2D eigenvalue weighted by molar-refractivity contribution is 5.49. The van der Waals surface area contributed by atoms with Crippen molar-refractivity contribution in [2.75, 3.05) is 31.6 Å². The van der Waals surface area contributed by atoms with E-state index in [2.05, 4.69) is 10.6 Å². The Hall–Kier alpha value is -1.64. The van der Waals surface area contributed by atoms with E-state index in [1.807, 2.05) is 6.07 Å². The highest BCUT2D eigenvalue weighted by Gasteiger charge is 2.12. The van der Waals surface area contributed by atoms with E-state index in [1.54, 1.807) is 6.07 Å². The molecule has 0 saturated carbocycles. The fraction of sp³-hybridized carbons (Fsp3) is 0.417. The van der Waals surface area contributed by atoms with Crippen LogP contribution < -0.4 is 10.6 Å². The molecule has 17 heavy (non-hydrogen) atoms. The highest BCUT2D eigenvalue weighted by Crippen LogP contribution is 2.13. The maximum Gasteiger partial charge on any atom is 0.126 e. The van der Waals surface area contributed by atoms with E-state index >= 15 is 0 Å². The predicted molar refractivity (Wildman–Crippen MR) is 62.2 cm³/mol. The summed E-state index contributed by atoms with van der Waals surface area (Å²) in [5.74, 6) is -0.408. The molecule has 90 valence electrons. The van der Waals surface area contributed by atoms with Crippen molar-refractivity contribution in [1.29, 1.82) is 5.26 Å². The number of nitrogens with zero attached hydrogens (tertiary/aromatic N) is 1. The van der Waals surface area contributed by atoms with E-state index in [0.29, 0.717) is 24.4 Å². The normalized spacial score (nSPS) is 19.6. The summed E-state index contributed by atoms with van der Waals surface area (Å²) in [6, 6.07) is 6.13. The number of hydrogen-bond acceptors (Lipinski definition) is 4. The van der Waals surface area contributed by atoms with Gasteiger partial charge in [-0.15, -0.1) is 0 Å². The molecule has 1 fully saturated rings. The summed E-state index contributed by atoms with van der Waals surface area (Å²) in [5, 5.41) is 15.0. The van der Waals surface area contributed by atoms with Crippen molar-refractivity contribution in [2.45, 2.75) is 6.10 Å². The first kappa shape index (κ1) is 11.8. The molecule has 1 aromatic carbocycles. The average Bonchev–Trinajstić information content (AvgIpc) is 2.37. The first-order valence-corrected chi connectivity index (χ1v) is 5.55. The standard InChI is InChI=1S/C12H14FN3O/c13-10-3-9(6-14)4-11(5-10)16-8-12-7-15-1-2-17-12/h3-5,12,15-16H,1-2,7-8H2. The third kappa shape index (κ3) is 3.41. The Morgan fingerprint density at radius 2 is 2.41 bits per heavy atom. The van der Waals surface area contributed by atoms with E-state index in [-0.39, 0.29) is 6.10 Å². The molecule has 1 aromatic rings. The van der Waals surface area contributed by atoms with E-state index in [9.17, 15) is 4.39 Å². The number of ether oxygens (including phenoxy) is 1. The first-order valence-electron chi connectivity index (χ1n) is 5.55. The van der Waals surface area contributed by atoms with Gasteiger partial charge in [-0.1, -0.05) is 0 Å². The molecule has 2 rings (SSSR count). The lowest BCUT2D eigenvalue weighted by Crippen LogP contribution is -2.42. The minimum absolute atomic E-state index is 0.0811. The Balaban J connectivity index is 1.94. The number of hydrogen-bond donors (Lipinski definition) is 2. The van der Waals surface area contributed by atoms with Gasteiger partial charge in [0, 0.05) is 25.3 Å². The maximum absolute atomic E-state index is 13.1. The zero-order valence-electron chi connectivity index (χ0n) is 9.37. The number of halogens is 1. The second-order valence-corrected chi connectivity index (χ2v) is 3.92. The van der Waals surface area contributed by atoms with Crippen molar-refractivity contribution < 1.29 is 9.13 Å². The van der Waals surface area contributed by atoms with Gasteiger partial charge in [0.1, 0.15) is 5.82 Å². The van der Waals surface area contributed by atoms with Gasteiger partial charge < -0.3 is 15.4 Å². The third-order valence-corrected chi connectivity index (χ3v) is 2.57. The zero-order valence-corrected chi connectivity index (χ0v) is 9.37. The van der Waals surface area contributed by atoms with Crippen LogP contribution in [0.25, 0.3) is 0 Å². The van der Waals surface area contributed by atoms with Gasteiger partial charge in [-0.05, 0) is 18.2 Å². The molecule has 0 aromatic heterocycles. The molecule has 0 aliphatic carbocycles. The van der Waals surface area contributed by atoms with Crippen molar-refractivity contribution in [2.24, 2.45) is 0 Å². The Kier molecular flexibility index (Phi) is 3.91. The van der Waals surface area contributed by atoms with Crippen LogP contribution >= 0.6 is 0 Å². The lowest BCUT2D eigenvalue weighted by atomic mass is 10.2. The first-order chi connectivity index (χ1) is 8.28. The van der Waals surface area contributed by atoms with Crippen molar-refractivity contribution in [1.82, 2.24) is 5.32 Å². The number of anilines is 1. The second-order valence-electron chi connectivity index (χ2n) is 3.92. The van der Waals surface area contributed by atoms with Gasteiger partial charge in [-0.25, -0.2) is 4.39 Å². The topological polar surface area (TPSA) is 57.1 Å². The van der Waals surface area contributed by atoms with Crippen LogP contribution in [0.4, 0.5) is 10.1 Å². The summed E-state index contributed by atoms with van der Waals surface area (Å²) in [6.07, 6.45) is 0.0811. The molecule has 1 aliphatic rings. The minimum Gasteiger partial charge on any atom is -0.382 e. The minimum atomic E-state index is -0.408. The number of morpholine rings is 1. The third-order valence-electron chi connectivity index (χ3n) is 2.57. The fourth-order valence-electron chi connectivity index (χ4n) is 1.74. The van der Waals surface area contributed by atoms with Crippen LogP contribution in [0.15, 0.2) is 18.2 Å². The Morgan fingerprint density at radius 1 is 1.53 bits per heavy atom. The second kappa shape index (κ2) is 5.62. The molecule has 0 spiro atoms. The van der Waals surface area contributed by atoms with Crippen molar-refractivity contribution in [3.05, 3.63) is 29.6 Å². The van der Waals surface area contributed by atoms with E-state index in [4.69, 9.17) is 10.00 Å². The number of rotatable bonds is 3. The Labute approximate surface area is 99.4 Å². The van der Waals surface area contributed by atoms with Crippen LogP contribution in [0.5, 0.6) is 0 Å².